The van der Waals surface area contributed by atoms with Gasteiger partial charge < -0.3 is 11.1 Å². The van der Waals surface area contributed by atoms with Crippen LogP contribution in [-0.2, 0) is 21.4 Å². The van der Waals surface area contributed by atoms with E-state index in [-0.39, 0.29) is 23.0 Å². The Bertz CT molecular complexity index is 545. The maximum Gasteiger partial charge on any atom is 0.242 e. The number of benzene rings is 1. The van der Waals surface area contributed by atoms with Crippen molar-refractivity contribution in [3.8, 4) is 0 Å². The van der Waals surface area contributed by atoms with Gasteiger partial charge in [0.1, 0.15) is 4.90 Å². The summed E-state index contributed by atoms with van der Waals surface area (Å²) in [6, 6.07) is 4.41. The van der Waals surface area contributed by atoms with Crippen LogP contribution in [0.25, 0.3) is 0 Å². The highest BCUT2D eigenvalue weighted by atomic mass is 35.5. The quantitative estimate of drug-likeness (QED) is 0.700. The van der Waals surface area contributed by atoms with Gasteiger partial charge in [-0.1, -0.05) is 17.7 Å². The predicted octanol–water partition coefficient (Wildman–Crippen LogP) is -0.177. The molecule has 0 bridgehead atoms. The standard InChI is InChI=1S/C10H14ClN3O3S/c1-13-10(15)6-14-18(16,17)9-3-2-7(5-12)4-8(9)11/h2-4,14H,5-6,12H2,1H3,(H,13,15). The lowest BCUT2D eigenvalue weighted by molar-refractivity contribution is -0.119. The van der Waals surface area contributed by atoms with E-state index < -0.39 is 15.9 Å². The third-order valence-electron chi connectivity index (χ3n) is 2.22. The van der Waals surface area contributed by atoms with Gasteiger partial charge in [-0.2, -0.15) is 0 Å². The molecule has 0 aromatic heterocycles. The van der Waals surface area contributed by atoms with Crippen molar-refractivity contribution in [2.24, 2.45) is 5.73 Å². The highest BCUT2D eigenvalue weighted by Gasteiger charge is 2.18. The van der Waals surface area contributed by atoms with Crippen molar-refractivity contribution in [2.45, 2.75) is 11.4 Å². The van der Waals surface area contributed by atoms with Crippen LogP contribution in [0.5, 0.6) is 0 Å². The van der Waals surface area contributed by atoms with E-state index in [1.165, 1.54) is 19.2 Å². The number of amides is 1. The van der Waals surface area contributed by atoms with Crippen LogP contribution in [0.15, 0.2) is 23.1 Å². The number of rotatable bonds is 5. The Hall–Kier alpha value is -1.15. The molecule has 0 heterocycles. The van der Waals surface area contributed by atoms with E-state index in [2.05, 4.69) is 10.0 Å². The van der Waals surface area contributed by atoms with Crippen molar-refractivity contribution in [1.29, 1.82) is 0 Å². The smallest absolute Gasteiger partial charge is 0.242 e. The second-order valence-corrected chi connectivity index (χ2v) is 5.61. The number of carbonyl (C=O) groups excluding carboxylic acids is 1. The predicted molar refractivity (Wildman–Crippen MR) is 68.6 cm³/mol. The van der Waals surface area contributed by atoms with Gasteiger partial charge in [0.05, 0.1) is 11.6 Å². The molecule has 0 aliphatic carbocycles. The van der Waals surface area contributed by atoms with Crippen LogP contribution >= 0.6 is 11.6 Å². The fourth-order valence-corrected chi connectivity index (χ4v) is 2.76. The van der Waals surface area contributed by atoms with Crippen molar-refractivity contribution in [2.75, 3.05) is 13.6 Å². The van der Waals surface area contributed by atoms with Crippen molar-refractivity contribution < 1.29 is 13.2 Å². The minimum absolute atomic E-state index is 0.0716. The Morgan fingerprint density at radius 2 is 2.11 bits per heavy atom. The molecule has 4 N–H and O–H groups in total. The lowest BCUT2D eigenvalue weighted by Crippen LogP contribution is -2.35. The normalized spacial score (nSPS) is 11.3. The van der Waals surface area contributed by atoms with Crippen molar-refractivity contribution >= 4 is 27.5 Å². The topological polar surface area (TPSA) is 101 Å². The van der Waals surface area contributed by atoms with E-state index >= 15 is 0 Å². The molecule has 1 amide bonds. The highest BCUT2D eigenvalue weighted by Crippen LogP contribution is 2.22. The lowest BCUT2D eigenvalue weighted by Gasteiger charge is -2.08. The Labute approximate surface area is 111 Å². The van der Waals surface area contributed by atoms with Crippen molar-refractivity contribution in [3.63, 3.8) is 0 Å². The van der Waals surface area contributed by atoms with Gasteiger partial charge in [0.2, 0.25) is 15.9 Å². The molecule has 0 atom stereocenters. The third-order valence-corrected chi connectivity index (χ3v) is 4.11. The van der Waals surface area contributed by atoms with Crippen LogP contribution in [0.1, 0.15) is 5.56 Å². The molecular formula is C10H14ClN3O3S. The zero-order valence-corrected chi connectivity index (χ0v) is 11.3. The summed E-state index contributed by atoms with van der Waals surface area (Å²) in [5.41, 5.74) is 6.14. The van der Waals surface area contributed by atoms with Crippen LogP contribution in [0.3, 0.4) is 0 Å². The fraction of sp³-hybridized carbons (Fsp3) is 0.300. The number of nitrogens with two attached hydrogens (primary N) is 1. The third kappa shape index (κ3) is 3.67. The summed E-state index contributed by atoms with van der Waals surface area (Å²) in [7, 11) is -2.39. The molecule has 1 rings (SSSR count). The van der Waals surface area contributed by atoms with Crippen LogP contribution in [0, 0.1) is 0 Å². The molecule has 1 aromatic rings. The molecule has 0 fully saturated rings. The lowest BCUT2D eigenvalue weighted by atomic mass is 10.2. The van der Waals surface area contributed by atoms with Crippen LogP contribution in [0.2, 0.25) is 5.02 Å². The molecule has 6 nitrogen and oxygen atoms in total. The largest absolute Gasteiger partial charge is 0.358 e. The Kier molecular flexibility index (Phi) is 5.09. The number of nitrogens with one attached hydrogen (secondary N) is 2. The minimum atomic E-state index is -3.80. The molecule has 0 unspecified atom stereocenters. The van der Waals surface area contributed by atoms with E-state index in [4.69, 9.17) is 17.3 Å². The first-order valence-electron chi connectivity index (χ1n) is 5.09. The second-order valence-electron chi connectivity index (χ2n) is 3.47. The Balaban J connectivity index is 2.95. The monoisotopic (exact) mass is 291 g/mol. The molecule has 0 aliphatic heterocycles. The van der Waals surface area contributed by atoms with E-state index in [1.807, 2.05) is 0 Å². The maximum atomic E-state index is 11.9. The van der Waals surface area contributed by atoms with Gasteiger partial charge in [-0.3, -0.25) is 4.79 Å². The zero-order chi connectivity index (χ0) is 13.8. The minimum Gasteiger partial charge on any atom is -0.358 e. The molecule has 0 spiro atoms. The number of sulfonamides is 1. The second kappa shape index (κ2) is 6.14. The SMILES string of the molecule is CNC(=O)CNS(=O)(=O)c1ccc(CN)cc1Cl. The summed E-state index contributed by atoms with van der Waals surface area (Å²) in [4.78, 5) is 10.9. The number of halogens is 1. The van der Waals surface area contributed by atoms with E-state index in [1.54, 1.807) is 6.07 Å². The average molecular weight is 292 g/mol. The Morgan fingerprint density at radius 1 is 1.44 bits per heavy atom. The van der Waals surface area contributed by atoms with Crippen molar-refractivity contribution in [3.05, 3.63) is 28.8 Å². The van der Waals surface area contributed by atoms with Crippen LogP contribution in [0.4, 0.5) is 0 Å². The summed E-state index contributed by atoms with van der Waals surface area (Å²) in [5.74, 6) is -0.437. The first-order chi connectivity index (χ1) is 8.40. The molecule has 0 saturated carbocycles. The van der Waals surface area contributed by atoms with Gasteiger partial charge in [-0.25, -0.2) is 13.1 Å². The maximum absolute atomic E-state index is 11.9. The summed E-state index contributed by atoms with van der Waals surface area (Å²) in [6.45, 7) is -0.0699. The van der Waals surface area contributed by atoms with E-state index in [0.717, 1.165) is 5.56 Å². The van der Waals surface area contributed by atoms with E-state index in [0.29, 0.717) is 0 Å². The molecule has 0 saturated heterocycles. The number of likely N-dealkylation sites (N-methyl/N-ethyl adjacent to an activating group) is 1. The van der Waals surface area contributed by atoms with Gasteiger partial charge >= 0.3 is 0 Å². The molecule has 18 heavy (non-hydrogen) atoms. The summed E-state index contributed by atoms with van der Waals surface area (Å²) in [6.07, 6.45) is 0. The molecule has 100 valence electrons. The first kappa shape index (κ1) is 14.9. The summed E-state index contributed by atoms with van der Waals surface area (Å²) in [5, 5.41) is 2.38. The average Bonchev–Trinajstić information content (AvgIpc) is 2.35. The highest BCUT2D eigenvalue weighted by molar-refractivity contribution is 7.89. The number of hydrogen-bond donors (Lipinski definition) is 3. The van der Waals surface area contributed by atoms with Crippen molar-refractivity contribution in [1.82, 2.24) is 10.0 Å². The fourth-order valence-electron chi connectivity index (χ4n) is 1.22. The van der Waals surface area contributed by atoms with Crippen LogP contribution in [-0.4, -0.2) is 27.9 Å². The first-order valence-corrected chi connectivity index (χ1v) is 6.95. The summed E-state index contributed by atoms with van der Waals surface area (Å²) >= 11 is 5.87. The number of carbonyl (C=O) groups is 1. The molecule has 8 heteroatoms. The zero-order valence-electron chi connectivity index (χ0n) is 9.73. The molecular weight excluding hydrogens is 278 g/mol. The molecule has 1 aromatic carbocycles. The number of hydrogen-bond acceptors (Lipinski definition) is 4. The van der Waals surface area contributed by atoms with Crippen LogP contribution < -0.4 is 15.8 Å². The van der Waals surface area contributed by atoms with Gasteiger partial charge in [-0.05, 0) is 17.7 Å². The molecule has 0 aliphatic rings. The van der Waals surface area contributed by atoms with Gasteiger partial charge in [-0.15, -0.1) is 0 Å². The van der Waals surface area contributed by atoms with E-state index in [9.17, 15) is 13.2 Å². The summed E-state index contributed by atoms with van der Waals surface area (Å²) < 4.78 is 25.9. The van der Waals surface area contributed by atoms with Gasteiger partial charge in [0, 0.05) is 13.6 Å². The Morgan fingerprint density at radius 3 is 2.61 bits per heavy atom. The van der Waals surface area contributed by atoms with Gasteiger partial charge in [0.25, 0.3) is 0 Å². The van der Waals surface area contributed by atoms with Gasteiger partial charge in [0.15, 0.2) is 0 Å². The molecule has 0 radical (unpaired) electrons.